The van der Waals surface area contributed by atoms with E-state index in [0.29, 0.717) is 0 Å². The molecule has 1 heterocycles. The van der Waals surface area contributed by atoms with Crippen molar-refractivity contribution in [1.82, 2.24) is 0 Å². The highest BCUT2D eigenvalue weighted by molar-refractivity contribution is 7.17. The molecule has 20 heavy (non-hydrogen) atoms. The van der Waals surface area contributed by atoms with E-state index in [0.717, 1.165) is 11.1 Å². The van der Waals surface area contributed by atoms with Crippen LogP contribution in [0.15, 0.2) is 29.6 Å². The molecule has 0 aliphatic carbocycles. The first-order chi connectivity index (χ1) is 9.35. The molecule has 0 aliphatic rings. The maximum atomic E-state index is 12.0. The molecule has 0 radical (unpaired) electrons. The molecule has 5 heteroatoms. The van der Waals surface area contributed by atoms with E-state index in [-0.39, 0.29) is 18.7 Å². The quantitative estimate of drug-likeness (QED) is 0.882. The van der Waals surface area contributed by atoms with Gasteiger partial charge in [-0.2, -0.15) is 0 Å². The van der Waals surface area contributed by atoms with Crippen LogP contribution < -0.4 is 5.32 Å². The van der Waals surface area contributed by atoms with Crippen molar-refractivity contribution < 1.29 is 14.7 Å². The van der Waals surface area contributed by atoms with Crippen LogP contribution >= 0.6 is 11.3 Å². The van der Waals surface area contributed by atoms with Crippen molar-refractivity contribution in [3.63, 3.8) is 0 Å². The van der Waals surface area contributed by atoms with E-state index in [1.54, 1.807) is 25.2 Å². The Morgan fingerprint density at radius 3 is 2.70 bits per heavy atom. The summed E-state index contributed by atoms with van der Waals surface area (Å²) in [5.74, 6) is -1.05. The van der Waals surface area contributed by atoms with Crippen LogP contribution in [0.5, 0.6) is 0 Å². The van der Waals surface area contributed by atoms with Gasteiger partial charge in [-0.05, 0) is 40.4 Å². The van der Waals surface area contributed by atoms with E-state index in [1.165, 1.54) is 4.70 Å². The maximum Gasteiger partial charge on any atom is 0.303 e. The monoisotopic (exact) mass is 291 g/mol. The van der Waals surface area contributed by atoms with E-state index in [2.05, 4.69) is 5.32 Å². The molecule has 2 N–H and O–H groups in total. The minimum Gasteiger partial charge on any atom is -0.481 e. The number of amides is 1. The number of fused-ring (bicyclic) bond motifs is 1. The Bertz CT molecular complexity index is 645. The van der Waals surface area contributed by atoms with Gasteiger partial charge >= 0.3 is 5.97 Å². The van der Waals surface area contributed by atoms with Gasteiger partial charge in [0.15, 0.2) is 0 Å². The maximum absolute atomic E-state index is 12.0. The Morgan fingerprint density at radius 1 is 1.25 bits per heavy atom. The van der Waals surface area contributed by atoms with Crippen molar-refractivity contribution >= 4 is 39.0 Å². The second-order valence-electron chi connectivity index (χ2n) is 5.63. The minimum atomic E-state index is -0.887. The third kappa shape index (κ3) is 3.81. The predicted octanol–water partition coefficient (Wildman–Crippen LogP) is 3.73. The van der Waals surface area contributed by atoms with Crippen LogP contribution in [0.2, 0.25) is 0 Å². The summed E-state index contributed by atoms with van der Waals surface area (Å²) in [6, 6.07) is 7.76. The van der Waals surface area contributed by atoms with Gasteiger partial charge < -0.3 is 10.4 Å². The van der Waals surface area contributed by atoms with Gasteiger partial charge in [-0.3, -0.25) is 9.59 Å². The minimum absolute atomic E-state index is 0.0238. The number of hydrogen-bond acceptors (Lipinski definition) is 3. The molecule has 0 saturated heterocycles. The van der Waals surface area contributed by atoms with E-state index < -0.39 is 11.4 Å². The highest BCUT2D eigenvalue weighted by atomic mass is 32.1. The van der Waals surface area contributed by atoms with E-state index in [9.17, 15) is 9.59 Å². The molecule has 2 rings (SSSR count). The van der Waals surface area contributed by atoms with Gasteiger partial charge in [0.1, 0.15) is 0 Å². The number of carbonyl (C=O) groups excluding carboxylic acids is 1. The lowest BCUT2D eigenvalue weighted by Crippen LogP contribution is -2.24. The van der Waals surface area contributed by atoms with E-state index in [4.69, 9.17) is 5.11 Å². The lowest BCUT2D eigenvalue weighted by atomic mass is 9.85. The number of carbonyl (C=O) groups is 2. The summed E-state index contributed by atoms with van der Waals surface area (Å²) in [5, 5.41) is 14.7. The van der Waals surface area contributed by atoms with Gasteiger partial charge in [-0.15, -0.1) is 11.3 Å². The molecule has 0 fully saturated rings. The molecule has 1 amide bonds. The van der Waals surface area contributed by atoms with Gasteiger partial charge in [0.05, 0.1) is 6.42 Å². The smallest absolute Gasteiger partial charge is 0.303 e. The van der Waals surface area contributed by atoms with E-state index >= 15 is 0 Å². The third-order valence-corrected chi connectivity index (χ3v) is 3.90. The fourth-order valence-corrected chi connectivity index (χ4v) is 2.93. The van der Waals surface area contributed by atoms with Crippen LogP contribution in [0.4, 0.5) is 5.69 Å². The Morgan fingerprint density at radius 2 is 2.00 bits per heavy atom. The Balaban J connectivity index is 2.02. The Kier molecular flexibility index (Phi) is 4.09. The summed E-state index contributed by atoms with van der Waals surface area (Å²) in [7, 11) is 0. The number of carboxylic acids is 1. The molecule has 2 aromatic rings. The molecule has 0 unspecified atom stereocenters. The fraction of sp³-hybridized carbons (Fsp3) is 0.333. The first kappa shape index (κ1) is 14.5. The van der Waals surface area contributed by atoms with Crippen molar-refractivity contribution in [2.45, 2.75) is 26.7 Å². The number of hydrogen-bond donors (Lipinski definition) is 2. The van der Waals surface area contributed by atoms with Crippen LogP contribution in [-0.4, -0.2) is 17.0 Å². The van der Waals surface area contributed by atoms with Gasteiger partial charge in [0.25, 0.3) is 0 Å². The molecule has 0 saturated carbocycles. The largest absolute Gasteiger partial charge is 0.481 e. The van der Waals surface area contributed by atoms with Crippen LogP contribution in [0.1, 0.15) is 26.7 Å². The van der Waals surface area contributed by atoms with Crippen molar-refractivity contribution in [3.8, 4) is 0 Å². The number of anilines is 1. The summed E-state index contributed by atoms with van der Waals surface area (Å²) in [6.07, 6.45) is 0.158. The van der Waals surface area contributed by atoms with E-state index in [1.807, 2.05) is 29.6 Å². The summed E-state index contributed by atoms with van der Waals surface area (Å²) in [6.45, 7) is 3.56. The third-order valence-electron chi connectivity index (χ3n) is 3.01. The topological polar surface area (TPSA) is 66.4 Å². The zero-order valence-corrected chi connectivity index (χ0v) is 12.3. The molecule has 0 aliphatic heterocycles. The summed E-state index contributed by atoms with van der Waals surface area (Å²) >= 11 is 1.65. The molecule has 0 atom stereocenters. The average molecular weight is 291 g/mol. The van der Waals surface area contributed by atoms with Gasteiger partial charge in [0, 0.05) is 16.8 Å². The van der Waals surface area contributed by atoms with Crippen molar-refractivity contribution in [3.05, 3.63) is 29.6 Å². The van der Waals surface area contributed by atoms with Crippen molar-refractivity contribution in [2.24, 2.45) is 5.41 Å². The highest BCUT2D eigenvalue weighted by Crippen LogP contribution is 2.27. The van der Waals surface area contributed by atoms with Gasteiger partial charge in [-0.25, -0.2) is 0 Å². The predicted molar refractivity (Wildman–Crippen MR) is 81.1 cm³/mol. The molecule has 4 nitrogen and oxygen atoms in total. The molecule has 0 bridgehead atoms. The molecule has 106 valence electrons. The normalized spacial score (nSPS) is 11.5. The molecule has 0 spiro atoms. The highest BCUT2D eigenvalue weighted by Gasteiger charge is 2.25. The van der Waals surface area contributed by atoms with Crippen LogP contribution in [-0.2, 0) is 9.59 Å². The van der Waals surface area contributed by atoms with Gasteiger partial charge in [0.2, 0.25) is 5.91 Å². The summed E-state index contributed by atoms with van der Waals surface area (Å²) in [4.78, 5) is 22.7. The lowest BCUT2D eigenvalue weighted by Gasteiger charge is -2.21. The van der Waals surface area contributed by atoms with Crippen LogP contribution in [0.3, 0.4) is 0 Å². The molecular formula is C15H17NO3S. The number of aliphatic carboxylic acids is 1. The van der Waals surface area contributed by atoms with Gasteiger partial charge in [-0.1, -0.05) is 13.8 Å². The van der Waals surface area contributed by atoms with Crippen molar-refractivity contribution in [2.75, 3.05) is 5.32 Å². The number of thiophene rings is 1. The molecule has 1 aromatic carbocycles. The number of benzene rings is 1. The first-order valence-corrected chi connectivity index (χ1v) is 7.23. The standard InChI is InChI=1S/C15H17NO3S/c1-15(2,9-14(18)19)8-13(17)16-11-3-4-12-10(7-11)5-6-20-12/h3-7H,8-9H2,1-2H3,(H,16,17)(H,18,19). The average Bonchev–Trinajstić information content (AvgIpc) is 2.72. The number of nitrogens with one attached hydrogen (secondary N) is 1. The zero-order valence-electron chi connectivity index (χ0n) is 11.5. The van der Waals surface area contributed by atoms with Crippen LogP contribution in [0.25, 0.3) is 10.1 Å². The van der Waals surface area contributed by atoms with Crippen LogP contribution in [0, 0.1) is 5.41 Å². The summed E-state index contributed by atoms with van der Waals surface area (Å²) in [5.41, 5.74) is 0.189. The molecular weight excluding hydrogens is 274 g/mol. The summed E-state index contributed by atoms with van der Waals surface area (Å²) < 4.78 is 1.18. The first-order valence-electron chi connectivity index (χ1n) is 6.35. The molecule has 1 aromatic heterocycles. The Hall–Kier alpha value is -1.88. The second kappa shape index (κ2) is 5.63. The zero-order chi connectivity index (χ0) is 14.8. The van der Waals surface area contributed by atoms with Crippen molar-refractivity contribution in [1.29, 1.82) is 0 Å². The number of rotatable bonds is 5. The number of carboxylic acid groups (broad SMARTS) is 1. The fourth-order valence-electron chi connectivity index (χ4n) is 2.16. The second-order valence-corrected chi connectivity index (χ2v) is 6.58. The SMILES string of the molecule is CC(C)(CC(=O)O)CC(=O)Nc1ccc2sccc2c1. The Labute approximate surface area is 121 Å². The lowest BCUT2D eigenvalue weighted by molar-refractivity contribution is -0.139.